The number of piperazine rings is 1. The highest BCUT2D eigenvalue weighted by Crippen LogP contribution is 2.25. The van der Waals surface area contributed by atoms with Gasteiger partial charge in [-0.1, -0.05) is 37.9 Å². The van der Waals surface area contributed by atoms with Crippen LogP contribution in [0.1, 0.15) is 44.9 Å². The fourth-order valence-electron chi connectivity index (χ4n) is 4.31. The third-order valence-electron chi connectivity index (χ3n) is 6.00. The molecule has 0 radical (unpaired) electrons. The summed E-state index contributed by atoms with van der Waals surface area (Å²) in [4.78, 5) is 17.3. The van der Waals surface area contributed by atoms with Crippen molar-refractivity contribution in [2.45, 2.75) is 56.7 Å². The highest BCUT2D eigenvalue weighted by atomic mass is 32.2. The lowest BCUT2D eigenvalue weighted by Crippen LogP contribution is -2.50. The summed E-state index contributed by atoms with van der Waals surface area (Å²) in [5, 5.41) is 11.2. The quantitative estimate of drug-likeness (QED) is 0.671. The SMILES string of the molecule is CCc1nnc(SCC(=O)Nc2ccc(N3CCN(C4CCCCC4)CC3)cc2)o1. The fraction of sp³-hybridized carbons (Fsp3) is 0.591. The molecule has 4 rings (SSSR count). The molecule has 2 aromatic rings. The van der Waals surface area contributed by atoms with Crippen molar-refractivity contribution in [2.75, 3.05) is 42.1 Å². The minimum atomic E-state index is -0.0786. The van der Waals surface area contributed by atoms with Gasteiger partial charge in [-0.3, -0.25) is 9.69 Å². The molecule has 1 N–H and O–H groups in total. The van der Waals surface area contributed by atoms with Crippen LogP contribution in [0.25, 0.3) is 0 Å². The Kier molecular flexibility index (Phi) is 7.28. The van der Waals surface area contributed by atoms with Crippen LogP contribution in [0.15, 0.2) is 33.9 Å². The van der Waals surface area contributed by atoms with E-state index in [4.69, 9.17) is 4.42 Å². The van der Waals surface area contributed by atoms with Gasteiger partial charge in [0.1, 0.15) is 0 Å². The number of hydrogen-bond acceptors (Lipinski definition) is 7. The number of thioether (sulfide) groups is 1. The first-order valence-electron chi connectivity index (χ1n) is 11.1. The van der Waals surface area contributed by atoms with Crippen LogP contribution in [-0.2, 0) is 11.2 Å². The van der Waals surface area contributed by atoms with Crippen molar-refractivity contribution in [1.29, 1.82) is 0 Å². The first-order valence-corrected chi connectivity index (χ1v) is 12.0. The number of nitrogens with zero attached hydrogens (tertiary/aromatic N) is 4. The van der Waals surface area contributed by atoms with Crippen molar-refractivity contribution in [3.8, 4) is 0 Å². The van der Waals surface area contributed by atoms with Gasteiger partial charge in [-0.05, 0) is 37.1 Å². The van der Waals surface area contributed by atoms with Crippen molar-refractivity contribution < 1.29 is 9.21 Å². The molecule has 1 saturated heterocycles. The summed E-state index contributed by atoms with van der Waals surface area (Å²) in [7, 11) is 0. The van der Waals surface area contributed by atoms with Crippen LogP contribution >= 0.6 is 11.8 Å². The molecular formula is C22H31N5O2S. The highest BCUT2D eigenvalue weighted by molar-refractivity contribution is 7.99. The number of aryl methyl sites for hydroxylation is 1. The number of rotatable bonds is 7. The number of amides is 1. The van der Waals surface area contributed by atoms with E-state index in [1.54, 1.807) is 0 Å². The summed E-state index contributed by atoms with van der Waals surface area (Å²) < 4.78 is 5.41. The van der Waals surface area contributed by atoms with Gasteiger partial charge in [-0.15, -0.1) is 10.2 Å². The number of hydrogen-bond donors (Lipinski definition) is 1. The summed E-state index contributed by atoms with van der Waals surface area (Å²) >= 11 is 1.26. The largest absolute Gasteiger partial charge is 0.416 e. The van der Waals surface area contributed by atoms with Gasteiger partial charge < -0.3 is 14.6 Å². The van der Waals surface area contributed by atoms with Crippen LogP contribution < -0.4 is 10.2 Å². The van der Waals surface area contributed by atoms with Crippen LogP contribution in [0.5, 0.6) is 0 Å². The molecule has 162 valence electrons. The average Bonchev–Trinajstić information content (AvgIpc) is 3.27. The van der Waals surface area contributed by atoms with Crippen LogP contribution in [0.2, 0.25) is 0 Å². The molecule has 0 spiro atoms. The zero-order chi connectivity index (χ0) is 20.8. The third-order valence-corrected chi connectivity index (χ3v) is 6.82. The molecule has 1 aliphatic carbocycles. The lowest BCUT2D eigenvalue weighted by Gasteiger charge is -2.41. The second-order valence-corrected chi connectivity index (χ2v) is 8.94. The van der Waals surface area contributed by atoms with Crippen LogP contribution in [0.3, 0.4) is 0 Å². The molecule has 1 saturated carbocycles. The van der Waals surface area contributed by atoms with Gasteiger partial charge in [-0.2, -0.15) is 0 Å². The van der Waals surface area contributed by atoms with Crippen molar-refractivity contribution >= 4 is 29.0 Å². The first-order chi connectivity index (χ1) is 14.7. The Morgan fingerprint density at radius 3 is 2.50 bits per heavy atom. The Morgan fingerprint density at radius 2 is 1.83 bits per heavy atom. The number of carbonyl (C=O) groups excluding carboxylic acids is 1. The van der Waals surface area contributed by atoms with E-state index in [0.29, 0.717) is 17.5 Å². The van der Waals surface area contributed by atoms with Crippen LogP contribution in [0, 0.1) is 0 Å². The molecule has 2 fully saturated rings. The maximum Gasteiger partial charge on any atom is 0.277 e. The zero-order valence-corrected chi connectivity index (χ0v) is 18.5. The Balaban J connectivity index is 1.22. The van der Waals surface area contributed by atoms with Gasteiger partial charge in [-0.25, -0.2) is 0 Å². The molecule has 0 bridgehead atoms. The van der Waals surface area contributed by atoms with E-state index in [1.165, 1.54) is 49.6 Å². The molecule has 1 amide bonds. The smallest absolute Gasteiger partial charge is 0.277 e. The standard InChI is InChI=1S/C22H31N5O2S/c1-2-21-24-25-22(29-21)30-16-20(28)23-17-8-10-19(11-9-17)27-14-12-26(13-15-27)18-6-4-3-5-7-18/h8-11,18H,2-7,12-16H2,1H3,(H,23,28). The van der Waals surface area contributed by atoms with Crippen molar-refractivity contribution in [2.24, 2.45) is 0 Å². The topological polar surface area (TPSA) is 74.5 Å². The highest BCUT2D eigenvalue weighted by Gasteiger charge is 2.25. The Bertz CT molecular complexity index is 811. The maximum absolute atomic E-state index is 12.2. The van der Waals surface area contributed by atoms with E-state index >= 15 is 0 Å². The van der Waals surface area contributed by atoms with Crippen LogP contribution in [0.4, 0.5) is 11.4 Å². The molecular weight excluding hydrogens is 398 g/mol. The van der Waals surface area contributed by atoms with E-state index in [0.717, 1.165) is 37.9 Å². The average molecular weight is 430 g/mol. The molecule has 2 heterocycles. The minimum Gasteiger partial charge on any atom is -0.416 e. The number of nitrogens with one attached hydrogen (secondary N) is 1. The molecule has 30 heavy (non-hydrogen) atoms. The van der Waals surface area contributed by atoms with E-state index in [1.807, 2.05) is 19.1 Å². The van der Waals surface area contributed by atoms with E-state index in [2.05, 4.69) is 37.4 Å². The second kappa shape index (κ2) is 10.3. The summed E-state index contributed by atoms with van der Waals surface area (Å²) in [6.07, 6.45) is 7.64. The summed E-state index contributed by atoms with van der Waals surface area (Å²) in [6, 6.07) is 8.97. The summed E-state index contributed by atoms with van der Waals surface area (Å²) in [5.41, 5.74) is 2.04. The van der Waals surface area contributed by atoms with E-state index in [-0.39, 0.29) is 11.7 Å². The molecule has 0 unspecified atom stereocenters. The second-order valence-electron chi connectivity index (χ2n) is 8.01. The summed E-state index contributed by atoms with van der Waals surface area (Å²) in [5.74, 6) is 0.758. The zero-order valence-electron chi connectivity index (χ0n) is 17.7. The van der Waals surface area contributed by atoms with Crippen molar-refractivity contribution in [3.05, 3.63) is 30.2 Å². The van der Waals surface area contributed by atoms with Gasteiger partial charge in [0.25, 0.3) is 5.22 Å². The Morgan fingerprint density at radius 1 is 1.10 bits per heavy atom. The molecule has 8 heteroatoms. The van der Waals surface area contributed by atoms with Gasteiger partial charge >= 0.3 is 0 Å². The number of benzene rings is 1. The number of aromatic nitrogens is 2. The third kappa shape index (κ3) is 5.55. The molecule has 2 aliphatic rings. The van der Waals surface area contributed by atoms with Gasteiger partial charge in [0.15, 0.2) is 0 Å². The maximum atomic E-state index is 12.2. The van der Waals surface area contributed by atoms with Gasteiger partial charge in [0, 0.05) is 50.0 Å². The normalized spacial score (nSPS) is 18.5. The van der Waals surface area contributed by atoms with E-state index in [9.17, 15) is 4.79 Å². The number of anilines is 2. The predicted molar refractivity (Wildman–Crippen MR) is 120 cm³/mol. The van der Waals surface area contributed by atoms with Crippen LogP contribution in [-0.4, -0.2) is 59.0 Å². The Labute approximate surface area is 182 Å². The minimum absolute atomic E-state index is 0.0786. The monoisotopic (exact) mass is 429 g/mol. The molecule has 0 atom stereocenters. The Hall–Kier alpha value is -2.06. The van der Waals surface area contributed by atoms with Crippen molar-refractivity contribution in [3.63, 3.8) is 0 Å². The summed E-state index contributed by atoms with van der Waals surface area (Å²) in [6.45, 7) is 6.39. The molecule has 1 aromatic heterocycles. The fourth-order valence-corrected chi connectivity index (χ4v) is 4.89. The molecule has 7 nitrogen and oxygen atoms in total. The predicted octanol–water partition coefficient (Wildman–Crippen LogP) is 3.82. The lowest BCUT2D eigenvalue weighted by molar-refractivity contribution is -0.113. The van der Waals surface area contributed by atoms with Gasteiger partial charge in [0.2, 0.25) is 11.8 Å². The number of carbonyl (C=O) groups is 1. The lowest BCUT2D eigenvalue weighted by atomic mass is 9.94. The molecule has 1 aromatic carbocycles. The van der Waals surface area contributed by atoms with Crippen molar-refractivity contribution in [1.82, 2.24) is 15.1 Å². The molecule has 1 aliphatic heterocycles. The van der Waals surface area contributed by atoms with E-state index < -0.39 is 0 Å². The first kappa shape index (κ1) is 21.2. The van der Waals surface area contributed by atoms with Gasteiger partial charge in [0.05, 0.1) is 5.75 Å².